The van der Waals surface area contributed by atoms with Gasteiger partial charge in [0.05, 0.1) is 22.8 Å². The molecule has 154 valence electrons. The number of hydrogen-bond donors (Lipinski definition) is 0. The van der Waals surface area contributed by atoms with E-state index in [9.17, 15) is 9.59 Å². The highest BCUT2D eigenvalue weighted by Crippen LogP contribution is 2.29. The molecule has 3 heterocycles. The molecule has 0 spiro atoms. The third kappa shape index (κ3) is 4.59. The Balaban J connectivity index is 2.06. The highest BCUT2D eigenvalue weighted by Gasteiger charge is 2.27. The molecule has 0 radical (unpaired) electrons. The third-order valence-corrected chi connectivity index (χ3v) is 4.06. The van der Waals surface area contributed by atoms with Crippen molar-refractivity contribution in [2.45, 2.75) is 47.1 Å². The first-order valence-electron chi connectivity index (χ1n) is 9.03. The number of rotatable bonds is 2. The van der Waals surface area contributed by atoms with Gasteiger partial charge >= 0.3 is 12.1 Å². The molecule has 0 aromatic carbocycles. The summed E-state index contributed by atoms with van der Waals surface area (Å²) in [5, 5.41) is 5.06. The van der Waals surface area contributed by atoms with Crippen LogP contribution in [0.4, 0.5) is 4.79 Å². The predicted molar refractivity (Wildman–Crippen MR) is 109 cm³/mol. The molecule has 0 fully saturated rings. The second-order valence-corrected chi connectivity index (χ2v) is 9.06. The van der Waals surface area contributed by atoms with Crippen molar-refractivity contribution in [1.82, 2.24) is 19.5 Å². The highest BCUT2D eigenvalue weighted by atomic mass is 35.5. The Hall–Kier alpha value is -2.87. The minimum Gasteiger partial charge on any atom is -0.442 e. The molecule has 0 atom stereocenters. The van der Waals surface area contributed by atoms with Gasteiger partial charge in [0, 0.05) is 29.4 Å². The van der Waals surface area contributed by atoms with Gasteiger partial charge in [0.1, 0.15) is 10.8 Å². The molecular formula is C20H23ClN4O4. The van der Waals surface area contributed by atoms with Crippen molar-refractivity contribution in [1.29, 1.82) is 0 Å². The molecule has 29 heavy (non-hydrogen) atoms. The number of carbonyl (C=O) groups excluding carboxylic acids is 2. The number of fused-ring (bicyclic) bond motifs is 1. The Kier molecular flexibility index (Phi) is 5.17. The van der Waals surface area contributed by atoms with Crippen LogP contribution in [-0.4, -0.2) is 37.2 Å². The first-order chi connectivity index (χ1) is 13.3. The predicted octanol–water partition coefficient (Wildman–Crippen LogP) is 4.34. The lowest BCUT2D eigenvalue weighted by Gasteiger charge is -2.19. The Bertz CT molecular complexity index is 1090. The van der Waals surface area contributed by atoms with E-state index in [-0.39, 0.29) is 5.15 Å². The van der Waals surface area contributed by atoms with E-state index in [1.807, 2.05) is 0 Å². The monoisotopic (exact) mass is 418 g/mol. The topological polar surface area (TPSA) is 88.2 Å². The van der Waals surface area contributed by atoms with E-state index in [0.717, 1.165) is 10.1 Å². The van der Waals surface area contributed by atoms with Crippen molar-refractivity contribution in [2.24, 2.45) is 5.41 Å². The largest absolute Gasteiger partial charge is 0.442 e. The van der Waals surface area contributed by atoms with Gasteiger partial charge in [-0.25, -0.2) is 14.6 Å². The van der Waals surface area contributed by atoms with Gasteiger partial charge in [0.15, 0.2) is 0 Å². The van der Waals surface area contributed by atoms with Gasteiger partial charge in [-0.2, -0.15) is 14.5 Å². The lowest BCUT2D eigenvalue weighted by atomic mass is 9.98. The summed E-state index contributed by atoms with van der Waals surface area (Å²) in [6, 6.07) is 3.39. The van der Waals surface area contributed by atoms with E-state index >= 15 is 0 Å². The zero-order valence-electron chi connectivity index (χ0n) is 17.2. The normalized spacial score (nSPS) is 12.2. The highest BCUT2D eigenvalue weighted by molar-refractivity contribution is 6.30. The van der Waals surface area contributed by atoms with Crippen molar-refractivity contribution < 1.29 is 19.2 Å². The lowest BCUT2D eigenvalue weighted by Crippen LogP contribution is -2.31. The Morgan fingerprint density at radius 2 is 1.76 bits per heavy atom. The summed E-state index contributed by atoms with van der Waals surface area (Å²) in [5.74, 6) is -0.427. The molecule has 0 bridgehead atoms. The number of nitrogens with zero attached hydrogens (tertiary/aromatic N) is 4. The molecule has 0 amide bonds. The fourth-order valence-corrected chi connectivity index (χ4v) is 2.59. The first-order valence-corrected chi connectivity index (χ1v) is 9.41. The molecule has 0 N–H and O–H groups in total. The number of ether oxygens (including phenoxy) is 1. The molecule has 3 rings (SSSR count). The maximum Gasteiger partial charge on any atom is 0.435 e. The van der Waals surface area contributed by atoms with E-state index < -0.39 is 23.1 Å². The first kappa shape index (κ1) is 20.9. The zero-order chi connectivity index (χ0) is 21.6. The standard InChI is InChI=1S/C20H23ClN4O4/c1-19(2,3)17(26)29-25-14(7-12-9-22-16(21)8-15(12)25)13-10-23-24(11-13)18(27)28-20(4,5)6/h7-11H,1-6H3. The van der Waals surface area contributed by atoms with Crippen LogP contribution in [0.2, 0.25) is 5.15 Å². The summed E-state index contributed by atoms with van der Waals surface area (Å²) < 4.78 is 7.81. The number of carbonyl (C=O) groups is 2. The van der Waals surface area contributed by atoms with Crippen LogP contribution in [0.1, 0.15) is 41.5 Å². The van der Waals surface area contributed by atoms with Crippen LogP contribution in [0.3, 0.4) is 0 Å². The number of halogens is 1. The second kappa shape index (κ2) is 7.18. The van der Waals surface area contributed by atoms with Crippen LogP contribution in [0.5, 0.6) is 0 Å². The number of hydrogen-bond acceptors (Lipinski definition) is 6. The second-order valence-electron chi connectivity index (χ2n) is 8.67. The van der Waals surface area contributed by atoms with E-state index in [1.165, 1.54) is 17.1 Å². The average molecular weight is 419 g/mol. The Morgan fingerprint density at radius 1 is 1.07 bits per heavy atom. The molecule has 9 heteroatoms. The summed E-state index contributed by atoms with van der Waals surface area (Å²) in [4.78, 5) is 34.5. The maximum atomic E-state index is 12.5. The van der Waals surface area contributed by atoms with Crippen LogP contribution in [0, 0.1) is 5.41 Å². The van der Waals surface area contributed by atoms with Crippen LogP contribution in [0.25, 0.3) is 22.2 Å². The van der Waals surface area contributed by atoms with Crippen molar-refractivity contribution in [3.8, 4) is 11.3 Å². The quantitative estimate of drug-likeness (QED) is 0.575. The molecule has 0 saturated heterocycles. The van der Waals surface area contributed by atoms with Gasteiger partial charge in [-0.3, -0.25) is 0 Å². The molecule has 0 aliphatic rings. The Morgan fingerprint density at radius 3 is 2.38 bits per heavy atom. The van der Waals surface area contributed by atoms with E-state index in [1.54, 1.807) is 59.9 Å². The molecule has 3 aromatic heterocycles. The molecule has 0 aliphatic heterocycles. The van der Waals surface area contributed by atoms with Crippen molar-refractivity contribution >= 4 is 34.6 Å². The Labute approximate surface area is 173 Å². The van der Waals surface area contributed by atoms with E-state index in [0.29, 0.717) is 16.8 Å². The van der Waals surface area contributed by atoms with Gasteiger partial charge in [0.2, 0.25) is 0 Å². The van der Waals surface area contributed by atoms with Crippen molar-refractivity contribution in [2.75, 3.05) is 0 Å². The number of pyridine rings is 1. The van der Waals surface area contributed by atoms with Crippen LogP contribution >= 0.6 is 11.6 Å². The molecule has 8 nitrogen and oxygen atoms in total. The van der Waals surface area contributed by atoms with Crippen LogP contribution < -0.4 is 4.84 Å². The van der Waals surface area contributed by atoms with Gasteiger partial charge in [-0.1, -0.05) is 11.6 Å². The van der Waals surface area contributed by atoms with Gasteiger partial charge in [-0.05, 0) is 47.6 Å². The summed E-state index contributed by atoms with van der Waals surface area (Å²) in [6.45, 7) is 10.6. The van der Waals surface area contributed by atoms with Crippen LogP contribution in [-0.2, 0) is 9.53 Å². The number of aromatic nitrogens is 4. The van der Waals surface area contributed by atoms with E-state index in [4.69, 9.17) is 21.2 Å². The lowest BCUT2D eigenvalue weighted by molar-refractivity contribution is -0.152. The minimum atomic E-state index is -0.717. The van der Waals surface area contributed by atoms with Crippen molar-refractivity contribution in [3.05, 3.63) is 35.9 Å². The van der Waals surface area contributed by atoms with Gasteiger partial charge in [-0.15, -0.1) is 0 Å². The summed E-state index contributed by atoms with van der Waals surface area (Å²) in [6.07, 6.45) is 3.98. The fourth-order valence-electron chi connectivity index (χ4n) is 2.44. The zero-order valence-corrected chi connectivity index (χ0v) is 17.9. The molecule has 3 aromatic rings. The summed E-state index contributed by atoms with van der Waals surface area (Å²) >= 11 is 6.04. The van der Waals surface area contributed by atoms with Crippen LogP contribution in [0.15, 0.2) is 30.7 Å². The minimum absolute atomic E-state index is 0.264. The summed E-state index contributed by atoms with van der Waals surface area (Å²) in [7, 11) is 0. The summed E-state index contributed by atoms with van der Waals surface area (Å²) in [5.41, 5.74) is 0.290. The molecule has 0 unspecified atom stereocenters. The maximum absolute atomic E-state index is 12.5. The fraction of sp³-hybridized carbons (Fsp3) is 0.400. The van der Waals surface area contributed by atoms with Gasteiger partial charge < -0.3 is 9.57 Å². The van der Waals surface area contributed by atoms with E-state index in [2.05, 4.69) is 10.1 Å². The van der Waals surface area contributed by atoms with Gasteiger partial charge in [0.25, 0.3) is 0 Å². The molecule has 0 aliphatic carbocycles. The molecule has 0 saturated carbocycles. The SMILES string of the molecule is CC(C)(C)OC(=O)n1cc(-c2cc3cnc(Cl)cc3n2OC(=O)C(C)(C)C)cn1. The average Bonchev–Trinajstić information content (AvgIpc) is 3.18. The third-order valence-electron chi connectivity index (χ3n) is 3.85. The molecular weight excluding hydrogens is 396 g/mol. The smallest absolute Gasteiger partial charge is 0.435 e. The van der Waals surface area contributed by atoms with Crippen molar-refractivity contribution in [3.63, 3.8) is 0 Å².